The van der Waals surface area contributed by atoms with E-state index in [4.69, 9.17) is 0 Å². The van der Waals surface area contributed by atoms with Crippen molar-refractivity contribution in [1.29, 1.82) is 0 Å². The number of rotatable bonds is 5. The highest BCUT2D eigenvalue weighted by atomic mass is 32.2. The van der Waals surface area contributed by atoms with Gasteiger partial charge in [-0.25, -0.2) is 8.42 Å². The summed E-state index contributed by atoms with van der Waals surface area (Å²) in [6.07, 6.45) is 3.76. The zero-order chi connectivity index (χ0) is 17.2. The second-order valence-corrected chi connectivity index (χ2v) is 7.71. The maximum absolute atomic E-state index is 12.8. The number of fused-ring (bicyclic) bond motifs is 1. The van der Waals surface area contributed by atoms with Gasteiger partial charge in [0.1, 0.15) is 0 Å². The van der Waals surface area contributed by atoms with Crippen LogP contribution in [0, 0.1) is 0 Å². The largest absolute Gasteiger partial charge is 0.392 e. The van der Waals surface area contributed by atoms with E-state index < -0.39 is 10.0 Å². The van der Waals surface area contributed by atoms with Crippen LogP contribution in [0.3, 0.4) is 0 Å². The third-order valence-corrected chi connectivity index (χ3v) is 5.78. The van der Waals surface area contributed by atoms with Gasteiger partial charge in [-0.1, -0.05) is 18.2 Å². The molecule has 24 heavy (non-hydrogen) atoms. The van der Waals surface area contributed by atoms with Crippen molar-refractivity contribution in [1.82, 2.24) is 0 Å². The maximum atomic E-state index is 12.8. The number of benzene rings is 2. The molecule has 0 fully saturated rings. The van der Waals surface area contributed by atoms with Gasteiger partial charge in [0.05, 0.1) is 18.1 Å². The van der Waals surface area contributed by atoms with Crippen LogP contribution < -0.4 is 4.72 Å². The van der Waals surface area contributed by atoms with Crippen molar-refractivity contribution >= 4 is 15.7 Å². The molecular formula is C18H21NO4S. The Kier molecular flexibility index (Phi) is 4.89. The molecule has 1 aliphatic carbocycles. The van der Waals surface area contributed by atoms with Crippen LogP contribution in [0.25, 0.3) is 0 Å². The van der Waals surface area contributed by atoms with Crippen LogP contribution in [-0.4, -0.2) is 18.6 Å². The van der Waals surface area contributed by atoms with Crippen molar-refractivity contribution in [3.05, 3.63) is 58.7 Å². The fraction of sp³-hybridized carbons (Fsp3) is 0.333. The van der Waals surface area contributed by atoms with Crippen LogP contribution in [0.4, 0.5) is 5.69 Å². The number of nitrogens with one attached hydrogen (secondary N) is 1. The molecule has 6 heteroatoms. The third kappa shape index (κ3) is 3.45. The first-order chi connectivity index (χ1) is 11.5. The van der Waals surface area contributed by atoms with Crippen LogP contribution in [0.2, 0.25) is 0 Å². The van der Waals surface area contributed by atoms with Crippen molar-refractivity contribution in [2.24, 2.45) is 0 Å². The summed E-state index contributed by atoms with van der Waals surface area (Å²) in [6, 6.07) is 10.2. The molecule has 0 unspecified atom stereocenters. The number of hydrogen-bond donors (Lipinski definition) is 3. The molecule has 2 aromatic carbocycles. The van der Waals surface area contributed by atoms with Crippen molar-refractivity contribution in [2.45, 2.75) is 43.8 Å². The molecule has 3 rings (SSSR count). The van der Waals surface area contributed by atoms with E-state index in [1.165, 1.54) is 0 Å². The zero-order valence-corrected chi connectivity index (χ0v) is 14.1. The second kappa shape index (κ2) is 6.93. The zero-order valence-electron chi connectivity index (χ0n) is 13.3. The first-order valence-corrected chi connectivity index (χ1v) is 9.50. The van der Waals surface area contributed by atoms with Crippen LogP contribution >= 0.6 is 0 Å². The molecule has 0 bridgehead atoms. The van der Waals surface area contributed by atoms with E-state index in [9.17, 15) is 18.6 Å². The number of aliphatic hydroxyl groups is 2. The molecule has 0 spiro atoms. The van der Waals surface area contributed by atoms with Gasteiger partial charge in [0.2, 0.25) is 0 Å². The van der Waals surface area contributed by atoms with E-state index in [0.29, 0.717) is 21.7 Å². The van der Waals surface area contributed by atoms with Crippen LogP contribution in [0.5, 0.6) is 0 Å². The van der Waals surface area contributed by atoms with Crippen molar-refractivity contribution in [3.63, 3.8) is 0 Å². The topological polar surface area (TPSA) is 86.6 Å². The molecule has 0 atom stereocenters. The van der Waals surface area contributed by atoms with Gasteiger partial charge >= 0.3 is 0 Å². The monoisotopic (exact) mass is 347 g/mol. The summed E-state index contributed by atoms with van der Waals surface area (Å²) in [4.78, 5) is 0.319. The van der Waals surface area contributed by atoms with Crippen molar-refractivity contribution < 1.29 is 18.6 Å². The minimum absolute atomic E-state index is 0.219. The summed E-state index contributed by atoms with van der Waals surface area (Å²) in [5.74, 6) is 0. The lowest BCUT2D eigenvalue weighted by atomic mass is 9.92. The van der Waals surface area contributed by atoms with E-state index in [1.54, 1.807) is 30.3 Å². The summed E-state index contributed by atoms with van der Waals surface area (Å²) in [5.41, 5.74) is 3.45. The number of hydrogen-bond acceptors (Lipinski definition) is 4. The van der Waals surface area contributed by atoms with Gasteiger partial charge in [-0.2, -0.15) is 0 Å². The molecule has 0 amide bonds. The van der Waals surface area contributed by atoms with Gasteiger partial charge < -0.3 is 10.2 Å². The number of sulfonamides is 1. The van der Waals surface area contributed by atoms with Gasteiger partial charge in [-0.05, 0) is 66.1 Å². The van der Waals surface area contributed by atoms with E-state index in [0.717, 1.165) is 36.8 Å². The maximum Gasteiger partial charge on any atom is 0.262 e. The second-order valence-electron chi connectivity index (χ2n) is 6.06. The Hall–Kier alpha value is -1.89. The highest BCUT2D eigenvalue weighted by Gasteiger charge is 2.22. The summed E-state index contributed by atoms with van der Waals surface area (Å²) in [5, 5.41) is 18.6. The Morgan fingerprint density at radius 1 is 0.958 bits per heavy atom. The van der Waals surface area contributed by atoms with Gasteiger partial charge in [0.25, 0.3) is 10.0 Å². The first kappa shape index (κ1) is 17.0. The summed E-state index contributed by atoms with van der Waals surface area (Å²) in [6.45, 7) is -0.438. The standard InChI is InChI=1S/C18H21NO4S/c20-11-13-8-14(12-21)10-16(9-13)19-24(22,23)18-7-3-5-15-4-1-2-6-17(15)18/h3,5,7-10,19-21H,1-2,4,6,11-12H2. The van der Waals surface area contributed by atoms with Crippen molar-refractivity contribution in [2.75, 3.05) is 4.72 Å². The molecular weight excluding hydrogens is 326 g/mol. The minimum atomic E-state index is -3.72. The molecule has 2 aromatic rings. The van der Waals surface area contributed by atoms with E-state index in [2.05, 4.69) is 4.72 Å². The van der Waals surface area contributed by atoms with E-state index in [-0.39, 0.29) is 13.2 Å². The third-order valence-electron chi connectivity index (χ3n) is 4.31. The quantitative estimate of drug-likeness (QED) is 0.775. The number of aliphatic hydroxyl groups excluding tert-OH is 2. The summed E-state index contributed by atoms with van der Waals surface area (Å²) in [7, 11) is -3.72. The fourth-order valence-corrected chi connectivity index (χ4v) is 4.57. The lowest BCUT2D eigenvalue weighted by molar-refractivity contribution is 0.275. The molecule has 1 aliphatic rings. The average molecular weight is 347 g/mol. The molecule has 0 radical (unpaired) electrons. The lowest BCUT2D eigenvalue weighted by Crippen LogP contribution is -2.17. The Morgan fingerprint density at radius 2 is 1.62 bits per heavy atom. The SMILES string of the molecule is O=S(=O)(Nc1cc(CO)cc(CO)c1)c1cccc2c1CCCC2. The summed E-state index contributed by atoms with van der Waals surface area (Å²) >= 11 is 0. The number of aryl methyl sites for hydroxylation is 1. The van der Waals surface area contributed by atoms with Crippen LogP contribution in [0.15, 0.2) is 41.3 Å². The molecule has 0 saturated carbocycles. The molecule has 0 aliphatic heterocycles. The average Bonchev–Trinajstić information content (AvgIpc) is 2.60. The predicted octanol–water partition coefficient (Wildman–Crippen LogP) is 2.35. The molecule has 0 aromatic heterocycles. The van der Waals surface area contributed by atoms with Gasteiger partial charge in [-0.15, -0.1) is 0 Å². The van der Waals surface area contributed by atoms with Gasteiger partial charge in [0, 0.05) is 5.69 Å². The first-order valence-electron chi connectivity index (χ1n) is 8.01. The Balaban J connectivity index is 1.98. The number of anilines is 1. The molecule has 5 nitrogen and oxygen atoms in total. The smallest absolute Gasteiger partial charge is 0.262 e. The normalized spacial score (nSPS) is 14.2. The molecule has 128 valence electrons. The highest BCUT2D eigenvalue weighted by Crippen LogP contribution is 2.29. The fourth-order valence-electron chi connectivity index (χ4n) is 3.21. The summed E-state index contributed by atoms with van der Waals surface area (Å²) < 4.78 is 28.3. The van der Waals surface area contributed by atoms with Crippen molar-refractivity contribution in [3.8, 4) is 0 Å². The highest BCUT2D eigenvalue weighted by molar-refractivity contribution is 7.92. The Labute approximate surface area is 142 Å². The van der Waals surface area contributed by atoms with Crippen LogP contribution in [-0.2, 0) is 36.1 Å². The Morgan fingerprint density at radius 3 is 2.29 bits per heavy atom. The molecule has 3 N–H and O–H groups in total. The molecule has 0 saturated heterocycles. The Bertz CT molecular complexity index is 824. The molecule has 0 heterocycles. The van der Waals surface area contributed by atoms with Gasteiger partial charge in [0.15, 0.2) is 0 Å². The predicted molar refractivity (Wildman–Crippen MR) is 92.2 cm³/mol. The van der Waals surface area contributed by atoms with E-state index >= 15 is 0 Å². The minimum Gasteiger partial charge on any atom is -0.392 e. The lowest BCUT2D eigenvalue weighted by Gasteiger charge is -2.20. The van der Waals surface area contributed by atoms with E-state index in [1.807, 2.05) is 6.07 Å². The van der Waals surface area contributed by atoms with Gasteiger partial charge in [-0.3, -0.25) is 4.72 Å². The van der Waals surface area contributed by atoms with Crippen LogP contribution in [0.1, 0.15) is 35.1 Å².